The van der Waals surface area contributed by atoms with Crippen molar-refractivity contribution in [2.45, 2.75) is 0 Å². The average Bonchev–Trinajstić information content (AvgIpc) is 2.29. The predicted molar refractivity (Wildman–Crippen MR) is 64.2 cm³/mol. The van der Waals surface area contributed by atoms with E-state index in [0.29, 0.717) is 5.82 Å². The number of carbonyl (C=O) groups is 1. The van der Waals surface area contributed by atoms with Gasteiger partial charge in [0.05, 0.1) is 0 Å². The monoisotopic (exact) mass is 268 g/mol. The molecule has 5 nitrogen and oxygen atoms in total. The third-order valence-electron chi connectivity index (χ3n) is 1.82. The van der Waals surface area contributed by atoms with E-state index in [9.17, 15) is 4.79 Å². The molecule has 0 saturated carbocycles. The Morgan fingerprint density at radius 3 is 2.71 bits per heavy atom. The highest BCUT2D eigenvalue weighted by molar-refractivity contribution is 6.29. The van der Waals surface area contributed by atoms with Crippen LogP contribution in [0.1, 0.15) is 10.5 Å². The highest BCUT2D eigenvalue weighted by Gasteiger charge is 2.08. The molecule has 0 radical (unpaired) electrons. The molecule has 0 aliphatic carbocycles. The lowest BCUT2D eigenvalue weighted by Gasteiger charge is -2.03. The minimum atomic E-state index is -0.415. The number of amides is 1. The molecule has 0 aliphatic heterocycles. The molecule has 2 aromatic rings. The number of carbonyl (C=O) groups excluding carboxylic acids is 1. The molecule has 0 aliphatic rings. The third-order valence-corrected chi connectivity index (χ3v) is 2.21. The van der Waals surface area contributed by atoms with E-state index in [1.807, 2.05) is 0 Å². The van der Waals surface area contributed by atoms with E-state index >= 15 is 0 Å². The Morgan fingerprint density at radius 2 is 2.00 bits per heavy atom. The van der Waals surface area contributed by atoms with Gasteiger partial charge in [0.1, 0.15) is 16.7 Å². The Bertz CT molecular complexity index is 562. The molecule has 17 heavy (non-hydrogen) atoms. The number of nitrogens with one attached hydrogen (secondary N) is 1. The summed E-state index contributed by atoms with van der Waals surface area (Å²) < 4.78 is 0. The number of hydrogen-bond acceptors (Lipinski definition) is 4. The Kier molecular flexibility index (Phi) is 3.51. The van der Waals surface area contributed by atoms with Crippen LogP contribution in [0.5, 0.6) is 0 Å². The first-order valence-electron chi connectivity index (χ1n) is 4.57. The molecule has 2 aromatic heterocycles. The van der Waals surface area contributed by atoms with Crippen molar-refractivity contribution in [1.82, 2.24) is 15.0 Å². The van der Waals surface area contributed by atoms with E-state index in [-0.39, 0.29) is 16.1 Å². The van der Waals surface area contributed by atoms with Crippen LogP contribution in [0.2, 0.25) is 10.4 Å². The summed E-state index contributed by atoms with van der Waals surface area (Å²) in [5.41, 5.74) is 0.201. The third kappa shape index (κ3) is 3.12. The molecule has 0 spiro atoms. The van der Waals surface area contributed by atoms with Gasteiger partial charge in [-0.15, -0.1) is 0 Å². The molecule has 0 aromatic carbocycles. The van der Waals surface area contributed by atoms with Gasteiger partial charge in [-0.05, 0) is 29.8 Å². The quantitative estimate of drug-likeness (QED) is 0.671. The first-order chi connectivity index (χ1) is 8.15. The van der Waals surface area contributed by atoms with Crippen LogP contribution in [-0.2, 0) is 0 Å². The molecule has 0 fully saturated rings. The van der Waals surface area contributed by atoms with Crippen LogP contribution in [0.25, 0.3) is 0 Å². The van der Waals surface area contributed by atoms with Crippen molar-refractivity contribution in [2.24, 2.45) is 0 Å². The number of halogens is 2. The molecule has 0 atom stereocenters. The minimum Gasteiger partial charge on any atom is -0.305 e. The molecule has 0 saturated heterocycles. The maximum atomic E-state index is 11.7. The fourth-order valence-corrected chi connectivity index (χ4v) is 1.43. The Morgan fingerprint density at radius 1 is 1.18 bits per heavy atom. The molecule has 2 heterocycles. The zero-order valence-electron chi connectivity index (χ0n) is 8.39. The molecule has 0 unspecified atom stereocenters. The second-order valence-corrected chi connectivity index (χ2v) is 3.74. The topological polar surface area (TPSA) is 67.8 Å². The first-order valence-corrected chi connectivity index (χ1v) is 5.33. The fraction of sp³-hybridized carbons (Fsp3) is 0. The number of nitrogens with zero attached hydrogens (tertiary/aromatic N) is 3. The van der Waals surface area contributed by atoms with Gasteiger partial charge in [0, 0.05) is 6.20 Å². The molecular formula is C10H6Cl2N4O. The van der Waals surface area contributed by atoms with Crippen molar-refractivity contribution in [3.05, 3.63) is 46.6 Å². The van der Waals surface area contributed by atoms with Gasteiger partial charge < -0.3 is 5.32 Å². The van der Waals surface area contributed by atoms with Gasteiger partial charge in [-0.3, -0.25) is 4.79 Å². The number of anilines is 1. The molecule has 1 N–H and O–H groups in total. The normalized spacial score (nSPS) is 10.0. The maximum Gasteiger partial charge on any atom is 0.275 e. The van der Waals surface area contributed by atoms with Crippen LogP contribution >= 0.6 is 23.2 Å². The molecular weight excluding hydrogens is 263 g/mol. The molecule has 7 heteroatoms. The molecule has 0 bridgehead atoms. The van der Waals surface area contributed by atoms with Crippen LogP contribution < -0.4 is 5.32 Å². The molecule has 2 rings (SSSR count). The summed E-state index contributed by atoms with van der Waals surface area (Å²) in [4.78, 5) is 23.1. The summed E-state index contributed by atoms with van der Waals surface area (Å²) in [6.45, 7) is 0. The largest absolute Gasteiger partial charge is 0.305 e. The molecule has 86 valence electrons. The lowest BCUT2D eigenvalue weighted by Crippen LogP contribution is -2.14. The zero-order valence-corrected chi connectivity index (χ0v) is 9.90. The van der Waals surface area contributed by atoms with Crippen molar-refractivity contribution in [3.63, 3.8) is 0 Å². The summed E-state index contributed by atoms with van der Waals surface area (Å²) in [7, 11) is 0. The minimum absolute atomic E-state index is 0.0573. The van der Waals surface area contributed by atoms with Crippen LogP contribution in [0.3, 0.4) is 0 Å². The summed E-state index contributed by atoms with van der Waals surface area (Å²) in [6.07, 6.45) is 1.44. The Balaban J connectivity index is 2.17. The predicted octanol–water partition coefficient (Wildman–Crippen LogP) is 2.43. The summed E-state index contributed by atoms with van der Waals surface area (Å²) in [5.74, 6) is -0.112. The Labute approximate surface area is 107 Å². The number of aromatic nitrogens is 3. The van der Waals surface area contributed by atoms with E-state index in [2.05, 4.69) is 20.3 Å². The number of rotatable bonds is 2. The smallest absolute Gasteiger partial charge is 0.275 e. The van der Waals surface area contributed by atoms with E-state index in [0.717, 1.165) is 0 Å². The van der Waals surface area contributed by atoms with Gasteiger partial charge in [0.15, 0.2) is 0 Å². The average molecular weight is 269 g/mol. The van der Waals surface area contributed by atoms with E-state index in [4.69, 9.17) is 23.2 Å². The van der Waals surface area contributed by atoms with Gasteiger partial charge in [-0.25, -0.2) is 15.0 Å². The van der Waals surface area contributed by atoms with E-state index in [1.54, 1.807) is 18.2 Å². The van der Waals surface area contributed by atoms with Gasteiger partial charge in [0.2, 0.25) is 5.28 Å². The number of hydrogen-bond donors (Lipinski definition) is 1. The van der Waals surface area contributed by atoms with Gasteiger partial charge in [-0.1, -0.05) is 17.7 Å². The second kappa shape index (κ2) is 5.07. The van der Waals surface area contributed by atoms with Crippen LogP contribution in [-0.4, -0.2) is 20.9 Å². The summed E-state index contributed by atoms with van der Waals surface area (Å²) >= 11 is 11.3. The lowest BCUT2D eigenvalue weighted by molar-refractivity contribution is 0.102. The van der Waals surface area contributed by atoms with Gasteiger partial charge in [0.25, 0.3) is 5.91 Å². The molecule has 1 amide bonds. The fourth-order valence-electron chi connectivity index (χ4n) is 1.12. The van der Waals surface area contributed by atoms with Crippen molar-refractivity contribution in [1.29, 1.82) is 0 Å². The van der Waals surface area contributed by atoms with Crippen molar-refractivity contribution >= 4 is 34.9 Å². The van der Waals surface area contributed by atoms with Crippen LogP contribution in [0.15, 0.2) is 30.5 Å². The van der Waals surface area contributed by atoms with Crippen LogP contribution in [0, 0.1) is 0 Å². The lowest BCUT2D eigenvalue weighted by atomic mass is 10.3. The van der Waals surface area contributed by atoms with Crippen molar-refractivity contribution in [2.75, 3.05) is 5.32 Å². The van der Waals surface area contributed by atoms with Gasteiger partial charge in [-0.2, -0.15) is 0 Å². The first kappa shape index (κ1) is 11.8. The van der Waals surface area contributed by atoms with Crippen LogP contribution in [0.4, 0.5) is 5.82 Å². The van der Waals surface area contributed by atoms with E-state index in [1.165, 1.54) is 12.3 Å². The summed E-state index contributed by atoms with van der Waals surface area (Å²) in [5, 5.41) is 2.84. The maximum absolute atomic E-state index is 11.7. The number of pyridine rings is 1. The highest BCUT2D eigenvalue weighted by atomic mass is 35.5. The van der Waals surface area contributed by atoms with Gasteiger partial charge >= 0.3 is 0 Å². The Hall–Kier alpha value is -1.72. The summed E-state index contributed by atoms with van der Waals surface area (Å²) in [6, 6.07) is 6.29. The van der Waals surface area contributed by atoms with Crippen molar-refractivity contribution in [3.8, 4) is 0 Å². The van der Waals surface area contributed by atoms with E-state index < -0.39 is 5.91 Å². The SMILES string of the molecule is O=C(Nc1ccnc(Cl)n1)c1cccc(Cl)n1. The standard InChI is InChI=1S/C10H6Cl2N4O/c11-7-3-1-2-6(14-7)9(17)15-8-4-5-13-10(12)16-8/h1-5H,(H,13,15,16,17). The zero-order chi connectivity index (χ0) is 12.3. The van der Waals surface area contributed by atoms with Crippen molar-refractivity contribution < 1.29 is 4.79 Å². The highest BCUT2D eigenvalue weighted by Crippen LogP contribution is 2.09. The second-order valence-electron chi connectivity index (χ2n) is 3.01.